The summed E-state index contributed by atoms with van der Waals surface area (Å²) in [5.41, 5.74) is 7.56. The Bertz CT molecular complexity index is 818. The molecule has 1 aliphatic rings. The zero-order valence-electron chi connectivity index (χ0n) is 14.7. The molecule has 3 atom stereocenters. The van der Waals surface area contributed by atoms with E-state index in [4.69, 9.17) is 10.5 Å². The molecule has 0 aromatic heterocycles. The highest BCUT2D eigenvalue weighted by Gasteiger charge is 2.70. The van der Waals surface area contributed by atoms with E-state index in [2.05, 4.69) is 0 Å². The van der Waals surface area contributed by atoms with Crippen molar-refractivity contribution in [3.05, 3.63) is 65.7 Å². The summed E-state index contributed by atoms with van der Waals surface area (Å²) < 4.78 is 32.3. The summed E-state index contributed by atoms with van der Waals surface area (Å²) in [6.45, 7) is 5.03. The lowest BCUT2D eigenvalue weighted by Gasteiger charge is -2.16. The fourth-order valence-electron chi connectivity index (χ4n) is 3.75. The second kappa shape index (κ2) is 6.90. The third-order valence-electron chi connectivity index (χ3n) is 5.18. The predicted molar refractivity (Wildman–Crippen MR) is 99.3 cm³/mol. The molecule has 0 spiro atoms. The maximum Gasteiger partial charge on any atom is 0.182 e. The average molecular weight is 359 g/mol. The average Bonchev–Trinajstić information content (AvgIpc) is 3.31. The van der Waals surface area contributed by atoms with Gasteiger partial charge in [-0.1, -0.05) is 48.0 Å². The van der Waals surface area contributed by atoms with Gasteiger partial charge in [0.15, 0.2) is 9.84 Å². The number of hydrogen-bond donors (Lipinski definition) is 1. The molecule has 1 fully saturated rings. The molecular formula is C20H25NO3S. The quantitative estimate of drug-likeness (QED) is 0.825. The molecule has 1 saturated carbocycles. The molecule has 1 aliphatic carbocycles. The number of aryl methyl sites for hydroxylation is 1. The zero-order chi connectivity index (χ0) is 18.1. The number of rotatable bonds is 7. The van der Waals surface area contributed by atoms with E-state index in [-0.39, 0.29) is 12.5 Å². The Morgan fingerprint density at radius 2 is 1.72 bits per heavy atom. The maximum absolute atomic E-state index is 13.3. The molecule has 5 heteroatoms. The largest absolute Gasteiger partial charge is 0.381 e. The first kappa shape index (κ1) is 18.1. The van der Waals surface area contributed by atoms with Crippen LogP contribution in [0.1, 0.15) is 24.0 Å². The molecule has 0 amide bonds. The molecule has 3 rings (SSSR count). The van der Waals surface area contributed by atoms with Crippen molar-refractivity contribution in [1.82, 2.24) is 0 Å². The SMILES string of the molecule is CCOC[C@]1(CN)[C@H](c2ccccc2)[C@@H]1S(=O)(=O)c1ccc(C)cc1. The van der Waals surface area contributed by atoms with Gasteiger partial charge in [-0.05, 0) is 31.5 Å². The van der Waals surface area contributed by atoms with Crippen molar-refractivity contribution in [2.24, 2.45) is 11.1 Å². The third kappa shape index (κ3) is 3.12. The molecule has 0 unspecified atom stereocenters. The Labute approximate surface area is 149 Å². The number of ether oxygens (including phenoxy) is 1. The summed E-state index contributed by atoms with van der Waals surface area (Å²) >= 11 is 0. The maximum atomic E-state index is 13.3. The highest BCUT2D eigenvalue weighted by Crippen LogP contribution is 2.63. The minimum absolute atomic E-state index is 0.142. The smallest absolute Gasteiger partial charge is 0.182 e. The van der Waals surface area contributed by atoms with Gasteiger partial charge < -0.3 is 10.5 Å². The number of nitrogens with two attached hydrogens (primary N) is 1. The summed E-state index contributed by atoms with van der Waals surface area (Å²) in [7, 11) is -3.49. The Kier molecular flexibility index (Phi) is 5.00. The lowest BCUT2D eigenvalue weighted by Crippen LogP contribution is -2.29. The van der Waals surface area contributed by atoms with E-state index in [1.807, 2.05) is 56.3 Å². The van der Waals surface area contributed by atoms with Crippen molar-refractivity contribution in [1.29, 1.82) is 0 Å². The second-order valence-corrected chi connectivity index (χ2v) is 8.81. The Morgan fingerprint density at radius 3 is 2.28 bits per heavy atom. The first-order valence-corrected chi connectivity index (χ1v) is 10.2. The van der Waals surface area contributed by atoms with E-state index < -0.39 is 20.5 Å². The van der Waals surface area contributed by atoms with Gasteiger partial charge in [-0.15, -0.1) is 0 Å². The molecule has 25 heavy (non-hydrogen) atoms. The lowest BCUT2D eigenvalue weighted by atomic mass is 10.0. The van der Waals surface area contributed by atoms with Crippen LogP contribution in [0.5, 0.6) is 0 Å². The third-order valence-corrected chi connectivity index (χ3v) is 7.52. The topological polar surface area (TPSA) is 69.4 Å². The summed E-state index contributed by atoms with van der Waals surface area (Å²) in [4.78, 5) is 0.357. The van der Waals surface area contributed by atoms with Crippen LogP contribution < -0.4 is 5.73 Å². The van der Waals surface area contributed by atoms with Crippen LogP contribution in [0, 0.1) is 12.3 Å². The van der Waals surface area contributed by atoms with Crippen molar-refractivity contribution in [2.75, 3.05) is 19.8 Å². The van der Waals surface area contributed by atoms with Crippen molar-refractivity contribution >= 4 is 9.84 Å². The molecule has 134 valence electrons. The number of hydrogen-bond acceptors (Lipinski definition) is 4. The normalized spacial score (nSPS) is 25.7. The molecule has 4 nitrogen and oxygen atoms in total. The highest BCUT2D eigenvalue weighted by molar-refractivity contribution is 7.92. The molecule has 0 aliphatic heterocycles. The van der Waals surface area contributed by atoms with Gasteiger partial charge in [0.2, 0.25) is 0 Å². The fourth-order valence-corrected chi connectivity index (χ4v) is 6.19. The molecule has 0 heterocycles. The van der Waals surface area contributed by atoms with E-state index >= 15 is 0 Å². The first-order chi connectivity index (χ1) is 12.0. The van der Waals surface area contributed by atoms with Gasteiger partial charge in [0.05, 0.1) is 16.8 Å². The van der Waals surface area contributed by atoms with Crippen LogP contribution >= 0.6 is 0 Å². The molecule has 2 aromatic rings. The van der Waals surface area contributed by atoms with Gasteiger partial charge in [-0.2, -0.15) is 0 Å². The van der Waals surface area contributed by atoms with Crippen LogP contribution in [0.2, 0.25) is 0 Å². The highest BCUT2D eigenvalue weighted by atomic mass is 32.2. The van der Waals surface area contributed by atoms with Gasteiger partial charge in [0.25, 0.3) is 0 Å². The zero-order valence-corrected chi connectivity index (χ0v) is 15.5. The van der Waals surface area contributed by atoms with Crippen molar-refractivity contribution in [2.45, 2.75) is 29.9 Å². The molecule has 0 saturated heterocycles. The standard InChI is InChI=1S/C20H25NO3S/c1-3-24-14-20(13-21)18(16-7-5-4-6-8-16)19(20)25(22,23)17-11-9-15(2)10-12-17/h4-12,18-19H,3,13-14,21H2,1-2H3/t18-,19+,20-/m1/s1. The molecule has 2 aromatic carbocycles. The molecule has 2 N–H and O–H groups in total. The van der Waals surface area contributed by atoms with Crippen LogP contribution in [-0.2, 0) is 14.6 Å². The Balaban J connectivity index is 2.03. The van der Waals surface area contributed by atoms with Crippen LogP contribution in [0.3, 0.4) is 0 Å². The van der Waals surface area contributed by atoms with Gasteiger partial charge >= 0.3 is 0 Å². The Morgan fingerprint density at radius 1 is 1.08 bits per heavy atom. The second-order valence-electron chi connectivity index (χ2n) is 6.74. The molecule has 0 radical (unpaired) electrons. The molecular weight excluding hydrogens is 334 g/mol. The van der Waals surface area contributed by atoms with Gasteiger partial charge in [-0.25, -0.2) is 8.42 Å². The first-order valence-electron chi connectivity index (χ1n) is 8.60. The lowest BCUT2D eigenvalue weighted by molar-refractivity contribution is 0.101. The summed E-state index contributed by atoms with van der Waals surface area (Å²) in [5.74, 6) is -0.142. The minimum atomic E-state index is -3.49. The number of benzene rings is 2. The van der Waals surface area contributed by atoms with Crippen molar-refractivity contribution in [3.63, 3.8) is 0 Å². The monoisotopic (exact) mass is 359 g/mol. The summed E-state index contributed by atoms with van der Waals surface area (Å²) in [5, 5.41) is -0.554. The summed E-state index contributed by atoms with van der Waals surface area (Å²) in [6.07, 6.45) is 0. The van der Waals surface area contributed by atoms with Crippen molar-refractivity contribution in [3.8, 4) is 0 Å². The van der Waals surface area contributed by atoms with Crippen LogP contribution in [-0.4, -0.2) is 33.4 Å². The van der Waals surface area contributed by atoms with Crippen molar-refractivity contribution < 1.29 is 13.2 Å². The minimum Gasteiger partial charge on any atom is -0.381 e. The van der Waals surface area contributed by atoms with Crippen LogP contribution in [0.25, 0.3) is 0 Å². The van der Waals surface area contributed by atoms with Gasteiger partial charge in [-0.3, -0.25) is 0 Å². The van der Waals surface area contributed by atoms with E-state index in [9.17, 15) is 8.42 Å². The van der Waals surface area contributed by atoms with Gasteiger partial charge in [0.1, 0.15) is 0 Å². The van der Waals surface area contributed by atoms with E-state index in [1.54, 1.807) is 12.1 Å². The van der Waals surface area contributed by atoms with E-state index in [0.29, 0.717) is 18.1 Å². The summed E-state index contributed by atoms with van der Waals surface area (Å²) in [6, 6.07) is 16.8. The van der Waals surface area contributed by atoms with Crippen LogP contribution in [0.15, 0.2) is 59.5 Å². The Hall–Kier alpha value is -1.69. The fraction of sp³-hybridized carbons (Fsp3) is 0.400. The van der Waals surface area contributed by atoms with Crippen LogP contribution in [0.4, 0.5) is 0 Å². The predicted octanol–water partition coefficient (Wildman–Crippen LogP) is 2.92. The van der Waals surface area contributed by atoms with Gasteiger partial charge in [0, 0.05) is 24.5 Å². The van der Waals surface area contributed by atoms with E-state index in [1.165, 1.54) is 0 Å². The van der Waals surface area contributed by atoms with E-state index in [0.717, 1.165) is 11.1 Å². The number of sulfone groups is 1. The molecule has 0 bridgehead atoms.